The largest absolute Gasteiger partial charge is 0.467 e. The molecule has 0 saturated carbocycles. The van der Waals surface area contributed by atoms with Crippen LogP contribution < -0.4 is 15.4 Å². The van der Waals surface area contributed by atoms with E-state index in [9.17, 15) is 18.0 Å². The predicted molar refractivity (Wildman–Crippen MR) is 106 cm³/mol. The molecule has 0 aliphatic heterocycles. The Balaban J connectivity index is 2.04. The Hall–Kier alpha value is -3.08. The van der Waals surface area contributed by atoms with Crippen LogP contribution in [0.15, 0.2) is 39.8 Å². The zero-order valence-corrected chi connectivity index (χ0v) is 17.4. The zero-order valence-electron chi connectivity index (χ0n) is 16.6. The molecular weight excluding hydrogens is 400 g/mol. The molecule has 1 aromatic carbocycles. The van der Waals surface area contributed by atoms with Crippen molar-refractivity contribution in [1.82, 2.24) is 10.5 Å². The number of aryl methyl sites for hydroxylation is 1. The summed E-state index contributed by atoms with van der Waals surface area (Å²) in [4.78, 5) is 24.0. The van der Waals surface area contributed by atoms with Gasteiger partial charge in [-0.05, 0) is 37.1 Å². The summed E-state index contributed by atoms with van der Waals surface area (Å²) in [5, 5.41) is 8.72. The lowest BCUT2D eigenvalue weighted by Crippen LogP contribution is -2.47. The fourth-order valence-electron chi connectivity index (χ4n) is 2.43. The van der Waals surface area contributed by atoms with Crippen molar-refractivity contribution in [2.75, 3.05) is 17.1 Å². The zero-order chi connectivity index (χ0) is 21.6. The number of urea groups is 1. The highest BCUT2D eigenvalue weighted by atomic mass is 32.2. The third kappa shape index (κ3) is 5.95. The van der Waals surface area contributed by atoms with Crippen molar-refractivity contribution in [3.63, 3.8) is 0 Å². The molecule has 2 aromatic rings. The lowest BCUT2D eigenvalue weighted by Gasteiger charge is -2.22. The first-order valence-corrected chi connectivity index (χ1v) is 10.4. The van der Waals surface area contributed by atoms with Gasteiger partial charge in [0.05, 0.1) is 12.0 Å². The maximum absolute atomic E-state index is 12.4. The highest BCUT2D eigenvalue weighted by molar-refractivity contribution is 7.92. The second kappa shape index (κ2) is 9.41. The van der Waals surface area contributed by atoms with Gasteiger partial charge in [0, 0.05) is 11.8 Å². The van der Waals surface area contributed by atoms with E-state index >= 15 is 0 Å². The lowest BCUT2D eigenvalue weighted by molar-refractivity contribution is -0.144. The molecule has 0 saturated heterocycles. The van der Waals surface area contributed by atoms with E-state index in [1.165, 1.54) is 37.4 Å². The van der Waals surface area contributed by atoms with E-state index in [0.29, 0.717) is 17.9 Å². The number of esters is 1. The third-order valence-corrected chi connectivity index (χ3v) is 5.61. The number of benzene rings is 1. The van der Waals surface area contributed by atoms with Crippen molar-refractivity contribution in [3.05, 3.63) is 36.1 Å². The molecule has 2 atom stereocenters. The van der Waals surface area contributed by atoms with Gasteiger partial charge in [0.25, 0.3) is 10.0 Å². The van der Waals surface area contributed by atoms with Gasteiger partial charge >= 0.3 is 12.0 Å². The first kappa shape index (κ1) is 22.2. The summed E-state index contributed by atoms with van der Waals surface area (Å²) in [5.74, 6) is -0.115. The van der Waals surface area contributed by atoms with Gasteiger partial charge in [-0.1, -0.05) is 25.4 Å². The Morgan fingerprint density at radius 3 is 2.41 bits per heavy atom. The van der Waals surface area contributed by atoms with E-state index in [2.05, 4.69) is 20.5 Å². The molecule has 2 amide bonds. The van der Waals surface area contributed by atoms with Crippen molar-refractivity contribution in [2.24, 2.45) is 5.92 Å². The number of sulfonamides is 1. The quantitative estimate of drug-likeness (QED) is 0.553. The monoisotopic (exact) mass is 424 g/mol. The lowest BCUT2D eigenvalue weighted by atomic mass is 9.99. The molecule has 0 radical (unpaired) electrons. The molecule has 1 heterocycles. The summed E-state index contributed by atoms with van der Waals surface area (Å²) in [7, 11) is -2.60. The summed E-state index contributed by atoms with van der Waals surface area (Å²) in [5.41, 5.74) is 0.353. The van der Waals surface area contributed by atoms with Gasteiger partial charge in [0.15, 0.2) is 5.82 Å². The van der Waals surface area contributed by atoms with Crippen LogP contribution in [0.4, 0.5) is 16.3 Å². The third-order valence-electron chi connectivity index (χ3n) is 4.24. The molecule has 29 heavy (non-hydrogen) atoms. The predicted octanol–water partition coefficient (Wildman–Crippen LogP) is 2.49. The van der Waals surface area contributed by atoms with Crippen LogP contribution in [0.25, 0.3) is 0 Å². The number of anilines is 2. The fraction of sp³-hybridized carbons (Fsp3) is 0.389. The molecule has 1 aromatic heterocycles. The van der Waals surface area contributed by atoms with Gasteiger partial charge in [-0.3, -0.25) is 4.72 Å². The van der Waals surface area contributed by atoms with Gasteiger partial charge in [-0.25, -0.2) is 18.0 Å². The standard InChI is InChI=1S/C18H24N4O6S/c1-5-11(2)16(17(23)27-4)20-18(24)19-13-6-8-14(9-7-13)29(25,26)22-15-10-12(3)28-21-15/h6-11,16H,5H2,1-4H3,(H,21,22)(H2,19,20,24)/t11?,16-/m0/s1. The Morgan fingerprint density at radius 2 is 1.90 bits per heavy atom. The summed E-state index contributed by atoms with van der Waals surface area (Å²) < 4.78 is 36.6. The summed E-state index contributed by atoms with van der Waals surface area (Å²) in [6.07, 6.45) is 0.671. The van der Waals surface area contributed by atoms with Crippen LogP contribution in [-0.4, -0.2) is 38.7 Å². The Labute approximate surface area is 169 Å². The summed E-state index contributed by atoms with van der Waals surface area (Å²) >= 11 is 0. The maximum Gasteiger partial charge on any atom is 0.328 e. The minimum Gasteiger partial charge on any atom is -0.467 e. The van der Waals surface area contributed by atoms with Crippen molar-refractivity contribution >= 4 is 33.5 Å². The molecule has 158 valence electrons. The number of rotatable bonds is 8. The number of methoxy groups -OCH3 is 1. The van der Waals surface area contributed by atoms with Gasteiger partial charge in [0.1, 0.15) is 11.8 Å². The van der Waals surface area contributed by atoms with Crippen LogP contribution in [0, 0.1) is 12.8 Å². The second-order valence-corrected chi connectivity index (χ2v) is 8.12. The van der Waals surface area contributed by atoms with E-state index in [-0.39, 0.29) is 16.6 Å². The second-order valence-electron chi connectivity index (χ2n) is 6.44. The first-order chi connectivity index (χ1) is 13.7. The van der Waals surface area contributed by atoms with Crippen LogP contribution in [0.5, 0.6) is 0 Å². The van der Waals surface area contributed by atoms with Crippen molar-refractivity contribution < 1.29 is 27.3 Å². The smallest absolute Gasteiger partial charge is 0.328 e. The van der Waals surface area contributed by atoms with Gasteiger partial charge in [-0.2, -0.15) is 0 Å². The normalized spacial score (nSPS) is 13.2. The van der Waals surface area contributed by atoms with Crippen molar-refractivity contribution in [3.8, 4) is 0 Å². The van der Waals surface area contributed by atoms with Crippen LogP contribution in [-0.2, 0) is 19.6 Å². The number of amides is 2. The molecule has 0 fully saturated rings. The molecular formula is C18H24N4O6S. The summed E-state index contributed by atoms with van der Waals surface area (Å²) in [6.45, 7) is 5.36. The highest BCUT2D eigenvalue weighted by Crippen LogP contribution is 2.18. The van der Waals surface area contributed by atoms with Gasteiger partial charge in [0.2, 0.25) is 0 Å². The molecule has 11 heteroatoms. The van der Waals surface area contributed by atoms with E-state index in [0.717, 1.165) is 0 Å². The number of hydrogen-bond donors (Lipinski definition) is 3. The topological polar surface area (TPSA) is 140 Å². The molecule has 0 aliphatic carbocycles. The molecule has 0 spiro atoms. The van der Waals surface area contributed by atoms with Crippen LogP contribution in [0.1, 0.15) is 26.0 Å². The SMILES string of the molecule is CCC(C)[C@H](NC(=O)Nc1ccc(S(=O)(=O)Nc2cc(C)on2)cc1)C(=O)OC. The fourth-order valence-corrected chi connectivity index (χ4v) is 3.42. The van der Waals surface area contributed by atoms with E-state index in [4.69, 9.17) is 9.26 Å². The van der Waals surface area contributed by atoms with E-state index in [1.54, 1.807) is 6.92 Å². The molecule has 0 aliphatic rings. The molecule has 3 N–H and O–H groups in total. The average molecular weight is 424 g/mol. The summed E-state index contributed by atoms with van der Waals surface area (Å²) in [6, 6.07) is 5.57. The number of nitrogens with zero attached hydrogens (tertiary/aromatic N) is 1. The number of carbonyl (C=O) groups excluding carboxylic acids is 2. The molecule has 1 unspecified atom stereocenters. The number of ether oxygens (including phenoxy) is 1. The Bertz CT molecular complexity index is 955. The van der Waals surface area contributed by atoms with Crippen LogP contribution >= 0.6 is 0 Å². The molecule has 0 bridgehead atoms. The van der Waals surface area contributed by atoms with Gasteiger partial charge < -0.3 is 19.9 Å². The minimum atomic E-state index is -3.86. The van der Waals surface area contributed by atoms with E-state index in [1.807, 2.05) is 13.8 Å². The van der Waals surface area contributed by atoms with Crippen molar-refractivity contribution in [1.29, 1.82) is 0 Å². The van der Waals surface area contributed by atoms with Crippen LogP contribution in [0.3, 0.4) is 0 Å². The Kier molecular flexibility index (Phi) is 7.21. The van der Waals surface area contributed by atoms with E-state index < -0.39 is 28.1 Å². The molecule has 10 nitrogen and oxygen atoms in total. The van der Waals surface area contributed by atoms with Crippen molar-refractivity contribution in [2.45, 2.75) is 38.1 Å². The number of nitrogens with one attached hydrogen (secondary N) is 3. The average Bonchev–Trinajstić information content (AvgIpc) is 3.09. The van der Waals surface area contributed by atoms with Gasteiger partial charge in [-0.15, -0.1) is 0 Å². The first-order valence-electron chi connectivity index (χ1n) is 8.87. The minimum absolute atomic E-state index is 0.0175. The molecule has 2 rings (SSSR count). The number of carbonyl (C=O) groups is 2. The van der Waals surface area contributed by atoms with Crippen LogP contribution in [0.2, 0.25) is 0 Å². The highest BCUT2D eigenvalue weighted by Gasteiger charge is 2.26. The Morgan fingerprint density at radius 1 is 1.24 bits per heavy atom. The number of aromatic nitrogens is 1. The number of hydrogen-bond acceptors (Lipinski definition) is 7. The maximum atomic E-state index is 12.4.